The van der Waals surface area contributed by atoms with Crippen molar-refractivity contribution in [2.75, 3.05) is 52.9 Å². The van der Waals surface area contributed by atoms with Crippen LogP contribution in [0.15, 0.2) is 36.5 Å². The highest BCUT2D eigenvalue weighted by atomic mass is 16.6. The molecule has 0 fully saturated rings. The van der Waals surface area contributed by atoms with E-state index in [0.717, 1.165) is 173 Å². The zero-order valence-electron chi connectivity index (χ0n) is 48.5. The average molecular weight is 1070 g/mol. The molecule has 0 aromatic heterocycles. The lowest BCUT2D eigenvalue weighted by Crippen LogP contribution is -2.29. The fourth-order valence-electron chi connectivity index (χ4n) is 8.66. The molecule has 440 valence electrons. The SMILES string of the molecule is CCCCCCC(O)C/C=C\CCCCCCCC(=O)OCCOCC(COCCOC(=O)CCCCCCC/C=C\CC(O)CCCCCC)OCCOC(=O)CCCCCCC/C=C\CC(O)CCCCCC. The van der Waals surface area contributed by atoms with Gasteiger partial charge < -0.3 is 43.7 Å². The first kappa shape index (κ1) is 72.4. The molecule has 0 radical (unpaired) electrons. The third-order valence-electron chi connectivity index (χ3n) is 13.4. The third-order valence-corrected chi connectivity index (χ3v) is 13.4. The van der Waals surface area contributed by atoms with Gasteiger partial charge in [-0.15, -0.1) is 0 Å². The van der Waals surface area contributed by atoms with Gasteiger partial charge in [0.05, 0.1) is 51.3 Å². The van der Waals surface area contributed by atoms with E-state index in [1.807, 2.05) is 0 Å². The van der Waals surface area contributed by atoms with Gasteiger partial charge in [-0.25, -0.2) is 0 Å². The van der Waals surface area contributed by atoms with Crippen LogP contribution in [0.1, 0.15) is 271 Å². The van der Waals surface area contributed by atoms with Crippen LogP contribution >= 0.6 is 0 Å². The molecule has 3 unspecified atom stereocenters. The molecule has 0 aliphatic heterocycles. The summed E-state index contributed by atoms with van der Waals surface area (Å²) in [5, 5.41) is 30.3. The van der Waals surface area contributed by atoms with Crippen LogP contribution in [-0.2, 0) is 42.8 Å². The number of aliphatic hydroxyl groups is 3. The molecule has 12 heteroatoms. The Bertz CT molecular complexity index is 1250. The molecule has 12 nitrogen and oxygen atoms in total. The summed E-state index contributed by atoms with van der Waals surface area (Å²) in [4.78, 5) is 37.1. The van der Waals surface area contributed by atoms with Gasteiger partial charge in [0.1, 0.15) is 25.9 Å². The van der Waals surface area contributed by atoms with Gasteiger partial charge in [0.2, 0.25) is 0 Å². The second-order valence-electron chi connectivity index (χ2n) is 20.9. The fraction of sp³-hybridized carbons (Fsp3) is 0.857. The number of rotatable bonds is 59. The van der Waals surface area contributed by atoms with Crippen molar-refractivity contribution in [3.8, 4) is 0 Å². The maximum absolute atomic E-state index is 12.4. The third kappa shape index (κ3) is 57.4. The smallest absolute Gasteiger partial charge is 0.305 e. The Morgan fingerprint density at radius 2 is 0.640 bits per heavy atom. The van der Waals surface area contributed by atoms with Crippen molar-refractivity contribution >= 4 is 17.9 Å². The molecule has 0 aromatic carbocycles. The summed E-state index contributed by atoms with van der Waals surface area (Å²) in [5.41, 5.74) is 0. The van der Waals surface area contributed by atoms with Gasteiger partial charge in [-0.2, -0.15) is 0 Å². The van der Waals surface area contributed by atoms with Crippen LogP contribution in [0.2, 0.25) is 0 Å². The normalized spacial score (nSPS) is 13.5. The molecule has 3 atom stereocenters. The van der Waals surface area contributed by atoms with Crippen molar-refractivity contribution in [1.82, 2.24) is 0 Å². The minimum Gasteiger partial charge on any atom is -0.463 e. The Morgan fingerprint density at radius 3 is 0.973 bits per heavy atom. The molecule has 0 aliphatic carbocycles. The van der Waals surface area contributed by atoms with E-state index in [0.29, 0.717) is 19.3 Å². The first-order chi connectivity index (χ1) is 36.7. The lowest BCUT2D eigenvalue weighted by atomic mass is 10.1. The minimum atomic E-state index is -0.463. The van der Waals surface area contributed by atoms with Crippen LogP contribution < -0.4 is 0 Å². The predicted octanol–water partition coefficient (Wildman–Crippen LogP) is 15.1. The molecule has 75 heavy (non-hydrogen) atoms. The molecule has 3 N–H and O–H groups in total. The van der Waals surface area contributed by atoms with Gasteiger partial charge in [0.25, 0.3) is 0 Å². The van der Waals surface area contributed by atoms with E-state index in [-0.39, 0.29) is 89.1 Å². The van der Waals surface area contributed by atoms with Crippen LogP contribution in [0, 0.1) is 0 Å². The van der Waals surface area contributed by atoms with Crippen LogP contribution in [0.4, 0.5) is 0 Å². The molecule has 0 aliphatic rings. The molecular weight excluding hydrogens is 949 g/mol. The first-order valence-corrected chi connectivity index (χ1v) is 30.9. The van der Waals surface area contributed by atoms with E-state index in [9.17, 15) is 29.7 Å². The number of hydrogen-bond donors (Lipinski definition) is 3. The van der Waals surface area contributed by atoms with Crippen molar-refractivity contribution in [2.24, 2.45) is 0 Å². The van der Waals surface area contributed by atoms with E-state index in [4.69, 9.17) is 28.4 Å². The summed E-state index contributed by atoms with van der Waals surface area (Å²) >= 11 is 0. The van der Waals surface area contributed by atoms with Crippen molar-refractivity contribution in [1.29, 1.82) is 0 Å². The van der Waals surface area contributed by atoms with Gasteiger partial charge in [-0.05, 0) is 96.3 Å². The summed E-state index contributed by atoms with van der Waals surface area (Å²) < 4.78 is 33.8. The van der Waals surface area contributed by atoms with Gasteiger partial charge in [-0.1, -0.05) is 192 Å². The molecule has 0 amide bonds. The first-order valence-electron chi connectivity index (χ1n) is 30.9. The Morgan fingerprint density at radius 1 is 0.347 bits per heavy atom. The molecule has 0 heterocycles. The number of carbonyl (C=O) groups excluding carboxylic acids is 3. The summed E-state index contributed by atoms with van der Waals surface area (Å²) in [7, 11) is 0. The van der Waals surface area contributed by atoms with Crippen molar-refractivity contribution in [3.63, 3.8) is 0 Å². The second-order valence-corrected chi connectivity index (χ2v) is 20.9. The molecule has 0 rings (SSSR count). The maximum atomic E-state index is 12.4. The second kappa shape index (κ2) is 59.1. The quantitative estimate of drug-likeness (QED) is 0.0229. The van der Waals surface area contributed by atoms with Gasteiger partial charge in [0.15, 0.2) is 0 Å². The molecule has 0 bridgehead atoms. The lowest BCUT2D eigenvalue weighted by Gasteiger charge is -2.18. The van der Waals surface area contributed by atoms with E-state index < -0.39 is 6.10 Å². The van der Waals surface area contributed by atoms with E-state index in [2.05, 4.69) is 57.2 Å². The monoisotopic (exact) mass is 1060 g/mol. The Kier molecular flexibility index (Phi) is 57.0. The van der Waals surface area contributed by atoms with Crippen molar-refractivity contribution in [3.05, 3.63) is 36.5 Å². The topological polar surface area (TPSA) is 167 Å². The summed E-state index contributed by atoms with van der Waals surface area (Å²) in [6.45, 7) is 7.98. The van der Waals surface area contributed by atoms with E-state index in [1.165, 1.54) is 57.8 Å². The highest BCUT2D eigenvalue weighted by molar-refractivity contribution is 5.69. The number of esters is 3. The largest absolute Gasteiger partial charge is 0.463 e. The zero-order chi connectivity index (χ0) is 54.8. The van der Waals surface area contributed by atoms with Crippen LogP contribution in [0.5, 0.6) is 0 Å². The van der Waals surface area contributed by atoms with Crippen LogP contribution in [0.3, 0.4) is 0 Å². The summed E-state index contributed by atoms with van der Waals surface area (Å²) in [5.74, 6) is -0.701. The average Bonchev–Trinajstić information content (AvgIpc) is 3.40. The Balaban J connectivity index is 4.40. The zero-order valence-corrected chi connectivity index (χ0v) is 48.5. The van der Waals surface area contributed by atoms with E-state index in [1.54, 1.807) is 0 Å². The number of aliphatic hydroxyl groups excluding tert-OH is 3. The molecule has 0 saturated carbocycles. The number of carbonyl (C=O) groups is 3. The predicted molar refractivity (Wildman–Crippen MR) is 307 cm³/mol. The van der Waals surface area contributed by atoms with Gasteiger partial charge in [0, 0.05) is 19.3 Å². The summed E-state index contributed by atoms with van der Waals surface area (Å²) in [6, 6.07) is 0. The highest BCUT2D eigenvalue weighted by Crippen LogP contribution is 2.15. The number of ether oxygens (including phenoxy) is 6. The Hall–Kier alpha value is -2.61. The van der Waals surface area contributed by atoms with Crippen LogP contribution in [0.25, 0.3) is 0 Å². The Labute approximate surface area is 459 Å². The standard InChI is InChI=1S/C63H116O12/c1-4-7-10-31-40-57(64)43-34-25-19-13-16-22-28-37-46-61(67)73-51-49-70-55-60(72-53-54-75-63(69)48-39-30-24-18-15-21-27-36-45-59(66)42-33-12-9-6-3)56-71-50-52-74-62(68)47-38-29-23-17-14-20-26-35-44-58(65)41-32-11-8-5-2/h25-27,34-36,57-60,64-66H,4-24,28-33,37-56H2,1-3H3/b34-25-,35-26-,36-27-. The van der Waals surface area contributed by atoms with Crippen LogP contribution in [-0.4, -0.2) is 110 Å². The molecule has 0 aromatic rings. The molecule has 0 spiro atoms. The number of allylic oxidation sites excluding steroid dienone is 3. The van der Waals surface area contributed by atoms with Crippen molar-refractivity contribution in [2.45, 2.75) is 296 Å². The minimum absolute atomic E-state index is 0.118. The fourth-order valence-corrected chi connectivity index (χ4v) is 8.66. The number of hydrogen-bond acceptors (Lipinski definition) is 12. The number of unbranched alkanes of at least 4 members (excludes halogenated alkanes) is 24. The lowest BCUT2D eigenvalue weighted by molar-refractivity contribution is -0.150. The van der Waals surface area contributed by atoms with E-state index >= 15 is 0 Å². The summed E-state index contributed by atoms with van der Waals surface area (Å²) in [6.07, 6.45) is 50.3. The molecule has 0 saturated heterocycles. The molecular formula is C63H116O12. The highest BCUT2D eigenvalue weighted by Gasteiger charge is 2.13. The van der Waals surface area contributed by atoms with Gasteiger partial charge >= 0.3 is 17.9 Å². The maximum Gasteiger partial charge on any atom is 0.305 e. The van der Waals surface area contributed by atoms with Gasteiger partial charge in [-0.3, -0.25) is 14.4 Å². The van der Waals surface area contributed by atoms with Crippen molar-refractivity contribution < 1.29 is 58.1 Å².